The topological polar surface area (TPSA) is 43.9 Å². The van der Waals surface area contributed by atoms with Crippen molar-refractivity contribution >= 4 is 97.8 Å². The number of hydrogen-bond acceptors (Lipinski definition) is 4. The molecule has 0 radical (unpaired) electrons. The van der Waals surface area contributed by atoms with Crippen molar-refractivity contribution in [3.8, 4) is 28.1 Å². The fraction of sp³-hybridized carbons (Fsp3) is 0. The van der Waals surface area contributed by atoms with Crippen LogP contribution in [0.3, 0.4) is 0 Å². The minimum absolute atomic E-state index is 0.177. The van der Waals surface area contributed by atoms with E-state index >= 15 is 0 Å². The minimum Gasteiger partial charge on any atom is -0.450 e. The number of nitrogens with zero attached hydrogens (tertiary/aromatic N) is 3. The lowest BCUT2D eigenvalue weighted by Crippen LogP contribution is -2.00. The summed E-state index contributed by atoms with van der Waals surface area (Å²) in [5, 5.41) is 8.29. The molecular weight excluding hydrogens is 654 g/mol. The molecule has 0 atom stereocenters. The van der Waals surface area contributed by atoms with Crippen molar-refractivity contribution in [3.63, 3.8) is 0 Å². The Hall–Kier alpha value is -6.01. The standard InChI is InChI=1S/C44H24ClN3OS/c45-44-46-39-31-17-9-10-18-35(31)49-41(39)43(47-44)48-34-21-19-27(25-11-3-1-4-12-25)23-32(34)37-29-15-7-8-16-30(29)38-33-24-28(26-13-5-2-6-14-26)20-22-36(33)50-42(38)40(37)48/h1-24H. The van der Waals surface area contributed by atoms with Crippen LogP contribution in [-0.4, -0.2) is 14.5 Å². The molecule has 6 heteroatoms. The van der Waals surface area contributed by atoms with E-state index in [1.165, 1.54) is 53.0 Å². The molecule has 11 rings (SSSR count). The van der Waals surface area contributed by atoms with Crippen LogP contribution in [0.2, 0.25) is 5.28 Å². The van der Waals surface area contributed by atoms with Crippen LogP contribution in [0.25, 0.3) is 103 Å². The minimum atomic E-state index is 0.177. The molecule has 4 nitrogen and oxygen atoms in total. The van der Waals surface area contributed by atoms with Crippen molar-refractivity contribution < 1.29 is 4.42 Å². The first-order valence-corrected chi connectivity index (χ1v) is 17.7. The summed E-state index contributed by atoms with van der Waals surface area (Å²) in [6.07, 6.45) is 0. The lowest BCUT2D eigenvalue weighted by molar-refractivity contribution is 0.662. The van der Waals surface area contributed by atoms with Gasteiger partial charge in [-0.3, -0.25) is 4.57 Å². The van der Waals surface area contributed by atoms with E-state index in [1.54, 1.807) is 0 Å². The molecule has 0 saturated heterocycles. The van der Waals surface area contributed by atoms with Crippen LogP contribution in [-0.2, 0) is 0 Å². The average Bonchev–Trinajstić information content (AvgIpc) is 3.85. The summed E-state index contributed by atoms with van der Waals surface area (Å²) < 4.78 is 11.3. The van der Waals surface area contributed by atoms with Crippen molar-refractivity contribution in [3.05, 3.63) is 151 Å². The van der Waals surface area contributed by atoms with Crippen LogP contribution in [0.4, 0.5) is 0 Å². The highest BCUT2D eigenvalue weighted by Crippen LogP contribution is 2.49. The lowest BCUT2D eigenvalue weighted by atomic mass is 9.96. The highest BCUT2D eigenvalue weighted by molar-refractivity contribution is 7.27. The SMILES string of the molecule is Clc1nc(-n2c3ccc(-c4ccccc4)cc3c3c4ccccc4c4c5cc(-c6ccccc6)ccc5sc4c32)c2oc3ccccc3c2n1. The molecule has 0 saturated carbocycles. The molecule has 0 aliphatic heterocycles. The number of hydrogen-bond donors (Lipinski definition) is 0. The van der Waals surface area contributed by atoms with E-state index in [2.05, 4.69) is 131 Å². The summed E-state index contributed by atoms with van der Waals surface area (Å²) >= 11 is 8.61. The van der Waals surface area contributed by atoms with E-state index in [4.69, 9.17) is 21.0 Å². The third-order valence-corrected chi connectivity index (χ3v) is 11.3. The van der Waals surface area contributed by atoms with Crippen LogP contribution in [0, 0.1) is 0 Å². The highest BCUT2D eigenvalue weighted by Gasteiger charge is 2.26. The Morgan fingerprint density at radius 3 is 1.90 bits per heavy atom. The van der Waals surface area contributed by atoms with Crippen LogP contribution in [0.5, 0.6) is 0 Å². The zero-order valence-corrected chi connectivity index (χ0v) is 28.0. The first-order valence-electron chi connectivity index (χ1n) is 16.5. The molecule has 0 N–H and O–H groups in total. The fourth-order valence-electron chi connectivity index (χ4n) is 7.77. The van der Waals surface area contributed by atoms with Crippen molar-refractivity contribution in [1.29, 1.82) is 0 Å². The Kier molecular flexibility index (Phi) is 5.85. The van der Waals surface area contributed by atoms with Gasteiger partial charge >= 0.3 is 0 Å². The molecule has 4 aromatic heterocycles. The summed E-state index contributed by atoms with van der Waals surface area (Å²) in [5.41, 5.74) is 8.88. The normalized spacial score (nSPS) is 12.1. The Balaban J connectivity index is 1.36. The average molecular weight is 678 g/mol. The van der Waals surface area contributed by atoms with Crippen molar-refractivity contribution in [2.45, 2.75) is 0 Å². The molecule has 0 aliphatic carbocycles. The van der Waals surface area contributed by atoms with Gasteiger partial charge in [-0.05, 0) is 81.0 Å². The summed E-state index contributed by atoms with van der Waals surface area (Å²) in [6.45, 7) is 0. The second-order valence-corrected chi connectivity index (χ2v) is 14.1. The van der Waals surface area contributed by atoms with Gasteiger partial charge in [-0.25, -0.2) is 4.98 Å². The van der Waals surface area contributed by atoms with Crippen LogP contribution >= 0.6 is 22.9 Å². The molecule has 0 spiro atoms. The van der Waals surface area contributed by atoms with Gasteiger partial charge in [0.2, 0.25) is 5.28 Å². The Labute approximate surface area is 294 Å². The van der Waals surface area contributed by atoms with E-state index in [-0.39, 0.29) is 5.28 Å². The number of aromatic nitrogens is 3. The Morgan fingerprint density at radius 1 is 0.540 bits per heavy atom. The van der Waals surface area contributed by atoms with Gasteiger partial charge in [0.1, 0.15) is 11.1 Å². The number of para-hydroxylation sites is 1. The molecule has 4 heterocycles. The second-order valence-electron chi connectivity index (χ2n) is 12.7. The number of fused-ring (bicyclic) bond motifs is 13. The van der Waals surface area contributed by atoms with Gasteiger partial charge in [-0.1, -0.05) is 109 Å². The summed E-state index contributed by atoms with van der Waals surface area (Å²) in [5.74, 6) is 0.627. The first kappa shape index (κ1) is 27.9. The third-order valence-electron chi connectivity index (χ3n) is 9.94. The zero-order chi connectivity index (χ0) is 32.9. The van der Waals surface area contributed by atoms with Crippen molar-refractivity contribution in [2.24, 2.45) is 0 Å². The first-order chi connectivity index (χ1) is 24.7. The van der Waals surface area contributed by atoms with Gasteiger partial charge in [0.15, 0.2) is 11.4 Å². The largest absolute Gasteiger partial charge is 0.450 e. The van der Waals surface area contributed by atoms with Crippen molar-refractivity contribution in [2.75, 3.05) is 0 Å². The highest BCUT2D eigenvalue weighted by atomic mass is 35.5. The van der Waals surface area contributed by atoms with Crippen molar-refractivity contribution in [1.82, 2.24) is 14.5 Å². The van der Waals surface area contributed by atoms with Crippen LogP contribution in [0.1, 0.15) is 0 Å². The monoisotopic (exact) mass is 677 g/mol. The van der Waals surface area contributed by atoms with Gasteiger partial charge in [0.25, 0.3) is 0 Å². The number of halogens is 1. The third kappa shape index (κ3) is 3.93. The number of rotatable bonds is 3. The Bertz CT molecular complexity index is 3160. The molecule has 0 amide bonds. The molecule has 0 fully saturated rings. The van der Waals surface area contributed by atoms with E-state index in [1.807, 2.05) is 35.6 Å². The smallest absolute Gasteiger partial charge is 0.225 e. The van der Waals surface area contributed by atoms with Gasteiger partial charge in [-0.2, -0.15) is 4.98 Å². The predicted molar refractivity (Wildman–Crippen MR) is 210 cm³/mol. The number of furan rings is 1. The lowest BCUT2D eigenvalue weighted by Gasteiger charge is -2.10. The molecule has 50 heavy (non-hydrogen) atoms. The van der Waals surface area contributed by atoms with Crippen LogP contribution < -0.4 is 0 Å². The van der Waals surface area contributed by atoms with Gasteiger partial charge in [0, 0.05) is 31.6 Å². The van der Waals surface area contributed by atoms with Gasteiger partial charge < -0.3 is 4.42 Å². The van der Waals surface area contributed by atoms with E-state index in [9.17, 15) is 0 Å². The van der Waals surface area contributed by atoms with Gasteiger partial charge in [0.05, 0.1) is 15.7 Å². The molecule has 234 valence electrons. The van der Waals surface area contributed by atoms with Crippen LogP contribution in [0.15, 0.2) is 150 Å². The van der Waals surface area contributed by atoms with E-state index in [0.29, 0.717) is 16.9 Å². The summed E-state index contributed by atoms with van der Waals surface area (Å²) in [7, 11) is 0. The maximum Gasteiger partial charge on any atom is 0.225 e. The van der Waals surface area contributed by atoms with Gasteiger partial charge in [-0.15, -0.1) is 11.3 Å². The zero-order valence-electron chi connectivity index (χ0n) is 26.4. The quantitative estimate of drug-likeness (QED) is 0.175. The maximum atomic E-state index is 6.78. The maximum absolute atomic E-state index is 6.78. The second kappa shape index (κ2) is 10.5. The number of benzene rings is 7. The molecule has 11 aromatic rings. The molecule has 7 aromatic carbocycles. The molecule has 0 bridgehead atoms. The molecule has 0 unspecified atom stereocenters. The Morgan fingerprint density at radius 2 is 1.16 bits per heavy atom. The number of thiophene rings is 1. The fourth-order valence-corrected chi connectivity index (χ4v) is 9.17. The summed E-state index contributed by atoms with van der Waals surface area (Å²) in [6, 6.07) is 51.5. The van der Waals surface area contributed by atoms with E-state index in [0.717, 1.165) is 33.0 Å². The molecular formula is C44H24ClN3OS. The van der Waals surface area contributed by atoms with E-state index < -0.39 is 0 Å². The summed E-state index contributed by atoms with van der Waals surface area (Å²) in [4.78, 5) is 9.63. The predicted octanol–water partition coefficient (Wildman–Crippen LogP) is 13.0. The molecule has 0 aliphatic rings.